The summed E-state index contributed by atoms with van der Waals surface area (Å²) in [6.45, 7) is 8.00. The first kappa shape index (κ1) is 21.8. The molecule has 0 unspecified atom stereocenters. The minimum atomic E-state index is -3.81. The zero-order valence-corrected chi connectivity index (χ0v) is 18.8. The van der Waals surface area contributed by atoms with Crippen LogP contribution in [0.5, 0.6) is 0 Å². The van der Waals surface area contributed by atoms with E-state index in [9.17, 15) is 16.8 Å². The quantitative estimate of drug-likeness (QED) is 0.744. The topological polar surface area (TPSA) is 101 Å². The van der Waals surface area contributed by atoms with E-state index in [4.69, 9.17) is 0 Å². The number of hydrogen-bond acceptors (Lipinski definition) is 5. The van der Waals surface area contributed by atoms with E-state index in [0.717, 1.165) is 19.3 Å². The van der Waals surface area contributed by atoms with E-state index in [-0.39, 0.29) is 21.9 Å². The maximum atomic E-state index is 13.1. The highest BCUT2D eigenvalue weighted by molar-refractivity contribution is 7.92. The van der Waals surface area contributed by atoms with Gasteiger partial charge in [0.1, 0.15) is 4.90 Å². The van der Waals surface area contributed by atoms with Crippen molar-refractivity contribution in [1.29, 1.82) is 0 Å². The fraction of sp³-hybridized carbons (Fsp3) is 0.526. The molecule has 1 aromatic carbocycles. The van der Waals surface area contributed by atoms with Gasteiger partial charge in [0.05, 0.1) is 16.8 Å². The van der Waals surface area contributed by atoms with Crippen molar-refractivity contribution in [2.45, 2.75) is 75.4 Å². The summed E-state index contributed by atoms with van der Waals surface area (Å²) in [5, 5.41) is 4.07. The lowest BCUT2D eigenvalue weighted by Gasteiger charge is -2.37. The number of nitrogens with one attached hydrogen (secondary N) is 1. The standard InChI is InChI=1S/C19H28N4O4S2/c1-5-22-16(4)19(13-20-22)28(24,25)21-17-9-11-18(12-10-17)29(26,27)23-14(2)7-6-8-15(23)3/h9-15,21H,5-8H2,1-4H3/t14-,15-/m1/s1. The van der Waals surface area contributed by atoms with Gasteiger partial charge >= 0.3 is 0 Å². The Bertz CT molecular complexity index is 1070. The molecule has 10 heteroatoms. The van der Waals surface area contributed by atoms with Crippen molar-refractivity contribution >= 4 is 25.7 Å². The fourth-order valence-corrected chi connectivity index (χ4v) is 7.03. The van der Waals surface area contributed by atoms with Gasteiger partial charge in [0.25, 0.3) is 10.0 Å². The number of aryl methyl sites for hydroxylation is 1. The molecule has 1 aliphatic heterocycles. The first-order valence-electron chi connectivity index (χ1n) is 9.76. The van der Waals surface area contributed by atoms with Crippen LogP contribution in [0.2, 0.25) is 0 Å². The summed E-state index contributed by atoms with van der Waals surface area (Å²) in [5.41, 5.74) is 0.847. The Morgan fingerprint density at radius 1 is 1.07 bits per heavy atom. The third-order valence-corrected chi connectivity index (χ3v) is 9.07. The van der Waals surface area contributed by atoms with Crippen LogP contribution in [0.3, 0.4) is 0 Å². The van der Waals surface area contributed by atoms with Crippen LogP contribution in [-0.4, -0.2) is 43.0 Å². The monoisotopic (exact) mass is 440 g/mol. The zero-order valence-electron chi connectivity index (χ0n) is 17.2. The highest BCUT2D eigenvalue weighted by Gasteiger charge is 2.35. The average molecular weight is 441 g/mol. The van der Waals surface area contributed by atoms with Crippen LogP contribution in [0.25, 0.3) is 0 Å². The van der Waals surface area contributed by atoms with E-state index in [1.54, 1.807) is 15.9 Å². The van der Waals surface area contributed by atoms with Gasteiger partial charge < -0.3 is 0 Å². The molecule has 2 atom stereocenters. The Labute approximate surface area is 173 Å². The second-order valence-electron chi connectivity index (χ2n) is 7.50. The number of piperidine rings is 1. The number of aromatic nitrogens is 2. The predicted molar refractivity (Wildman–Crippen MR) is 112 cm³/mol. The summed E-state index contributed by atoms with van der Waals surface area (Å²) in [5.74, 6) is 0. The molecule has 160 valence electrons. The first-order valence-corrected chi connectivity index (χ1v) is 12.7. The molecule has 0 spiro atoms. The molecular formula is C19H28N4O4S2. The van der Waals surface area contributed by atoms with Gasteiger partial charge in [-0.3, -0.25) is 9.40 Å². The van der Waals surface area contributed by atoms with Gasteiger partial charge in [-0.05, 0) is 64.8 Å². The molecule has 0 bridgehead atoms. The molecule has 3 rings (SSSR count). The van der Waals surface area contributed by atoms with Gasteiger partial charge in [0, 0.05) is 24.3 Å². The van der Waals surface area contributed by atoms with Crippen molar-refractivity contribution < 1.29 is 16.8 Å². The van der Waals surface area contributed by atoms with Crippen LogP contribution in [0.15, 0.2) is 40.3 Å². The van der Waals surface area contributed by atoms with E-state index >= 15 is 0 Å². The predicted octanol–water partition coefficient (Wildman–Crippen LogP) is 2.96. The van der Waals surface area contributed by atoms with Crippen molar-refractivity contribution in [3.8, 4) is 0 Å². The van der Waals surface area contributed by atoms with Crippen LogP contribution < -0.4 is 4.72 Å². The molecule has 1 N–H and O–H groups in total. The van der Waals surface area contributed by atoms with Crippen molar-refractivity contribution in [2.75, 3.05) is 4.72 Å². The lowest BCUT2D eigenvalue weighted by Crippen LogP contribution is -2.47. The summed E-state index contributed by atoms with van der Waals surface area (Å²) in [4.78, 5) is 0.267. The molecule has 29 heavy (non-hydrogen) atoms. The molecule has 1 saturated heterocycles. The van der Waals surface area contributed by atoms with Crippen LogP contribution >= 0.6 is 0 Å². The number of hydrogen-bond donors (Lipinski definition) is 1. The fourth-order valence-electron chi connectivity index (χ4n) is 3.91. The third-order valence-electron chi connectivity index (χ3n) is 5.44. The average Bonchev–Trinajstić information content (AvgIpc) is 3.03. The largest absolute Gasteiger partial charge is 0.280 e. The van der Waals surface area contributed by atoms with Gasteiger partial charge in [0.2, 0.25) is 10.0 Å². The minimum absolute atomic E-state index is 0.0555. The minimum Gasteiger partial charge on any atom is -0.280 e. The second kappa shape index (κ2) is 8.08. The van der Waals surface area contributed by atoms with Gasteiger partial charge in [-0.15, -0.1) is 0 Å². The number of anilines is 1. The Hall–Kier alpha value is -1.91. The van der Waals surface area contributed by atoms with E-state index in [0.29, 0.717) is 17.9 Å². The molecule has 0 saturated carbocycles. The molecular weight excluding hydrogens is 412 g/mol. The number of nitrogens with zero attached hydrogens (tertiary/aromatic N) is 3. The number of rotatable bonds is 6. The third kappa shape index (κ3) is 4.19. The maximum Gasteiger partial charge on any atom is 0.265 e. The molecule has 2 heterocycles. The summed E-state index contributed by atoms with van der Waals surface area (Å²) < 4.78 is 57.2. The molecule has 1 aliphatic rings. The van der Waals surface area contributed by atoms with Crippen molar-refractivity contribution in [3.63, 3.8) is 0 Å². The highest BCUT2D eigenvalue weighted by Crippen LogP contribution is 2.30. The SMILES string of the molecule is CCn1ncc(S(=O)(=O)Nc2ccc(S(=O)(=O)N3[C@H](C)CCC[C@H]3C)cc2)c1C. The lowest BCUT2D eigenvalue weighted by atomic mass is 10.0. The molecule has 1 fully saturated rings. The van der Waals surface area contributed by atoms with Crippen LogP contribution in [0.4, 0.5) is 5.69 Å². The molecule has 0 radical (unpaired) electrons. The molecule has 1 aromatic heterocycles. The van der Waals surface area contributed by atoms with E-state index < -0.39 is 20.0 Å². The van der Waals surface area contributed by atoms with Crippen molar-refractivity contribution in [1.82, 2.24) is 14.1 Å². The Morgan fingerprint density at radius 3 is 2.17 bits per heavy atom. The van der Waals surface area contributed by atoms with Gasteiger partial charge in [-0.25, -0.2) is 16.8 Å². The number of benzene rings is 1. The Kier molecular flexibility index (Phi) is 6.07. The van der Waals surface area contributed by atoms with E-state index in [1.165, 1.54) is 30.5 Å². The van der Waals surface area contributed by atoms with Gasteiger partial charge in [-0.1, -0.05) is 6.42 Å². The summed E-state index contributed by atoms with van der Waals surface area (Å²) >= 11 is 0. The van der Waals surface area contributed by atoms with E-state index in [2.05, 4.69) is 9.82 Å². The van der Waals surface area contributed by atoms with Crippen LogP contribution in [0, 0.1) is 6.92 Å². The first-order chi connectivity index (χ1) is 13.6. The van der Waals surface area contributed by atoms with Crippen molar-refractivity contribution in [2.24, 2.45) is 0 Å². The zero-order chi connectivity index (χ0) is 21.4. The van der Waals surface area contributed by atoms with Crippen molar-refractivity contribution in [3.05, 3.63) is 36.2 Å². The molecule has 2 aromatic rings. The Balaban J connectivity index is 1.84. The van der Waals surface area contributed by atoms with E-state index in [1.807, 2.05) is 20.8 Å². The Morgan fingerprint density at radius 2 is 1.66 bits per heavy atom. The smallest absolute Gasteiger partial charge is 0.265 e. The normalized spacial score (nSPS) is 21.2. The second-order valence-corrected chi connectivity index (χ2v) is 11.0. The highest BCUT2D eigenvalue weighted by atomic mass is 32.2. The molecule has 0 aliphatic carbocycles. The van der Waals surface area contributed by atoms with Crippen LogP contribution in [0.1, 0.15) is 45.7 Å². The maximum absolute atomic E-state index is 13.1. The molecule has 0 amide bonds. The van der Waals surface area contributed by atoms with Crippen LogP contribution in [-0.2, 0) is 26.6 Å². The number of sulfonamides is 2. The lowest BCUT2D eigenvalue weighted by molar-refractivity contribution is 0.204. The van der Waals surface area contributed by atoms with Gasteiger partial charge in [0.15, 0.2) is 0 Å². The molecule has 8 nitrogen and oxygen atoms in total. The summed E-state index contributed by atoms with van der Waals surface area (Å²) in [7, 11) is -7.45. The van der Waals surface area contributed by atoms with Gasteiger partial charge in [-0.2, -0.15) is 9.40 Å². The summed E-state index contributed by atoms with van der Waals surface area (Å²) in [6.07, 6.45) is 4.01. The summed E-state index contributed by atoms with van der Waals surface area (Å²) in [6, 6.07) is 5.74.